The Bertz CT molecular complexity index is 541. The van der Waals surface area contributed by atoms with Crippen molar-refractivity contribution >= 4 is 5.97 Å². The van der Waals surface area contributed by atoms with E-state index in [0.717, 1.165) is 11.1 Å². The summed E-state index contributed by atoms with van der Waals surface area (Å²) in [6.07, 6.45) is 3.55. The quantitative estimate of drug-likeness (QED) is 0.892. The molecule has 0 saturated carbocycles. The molecule has 1 atom stereocenters. The molecule has 92 valence electrons. The number of aromatic nitrogens is 2. The van der Waals surface area contributed by atoms with E-state index in [1.807, 2.05) is 31.2 Å². The SMILES string of the molecule is Cc1ccccc1C(Cc1ncccn1)C(=O)O. The van der Waals surface area contributed by atoms with Gasteiger partial charge >= 0.3 is 5.97 Å². The summed E-state index contributed by atoms with van der Waals surface area (Å²) in [6, 6.07) is 9.22. The van der Waals surface area contributed by atoms with E-state index in [-0.39, 0.29) is 0 Å². The highest BCUT2D eigenvalue weighted by molar-refractivity contribution is 5.76. The third kappa shape index (κ3) is 2.71. The van der Waals surface area contributed by atoms with Crippen LogP contribution in [0.3, 0.4) is 0 Å². The van der Waals surface area contributed by atoms with E-state index < -0.39 is 11.9 Å². The molecule has 0 spiro atoms. The fourth-order valence-corrected chi connectivity index (χ4v) is 1.93. The van der Waals surface area contributed by atoms with Gasteiger partial charge in [-0.2, -0.15) is 0 Å². The normalized spacial score (nSPS) is 12.1. The first kappa shape index (κ1) is 12.2. The van der Waals surface area contributed by atoms with Crippen molar-refractivity contribution in [3.8, 4) is 0 Å². The Morgan fingerprint density at radius 3 is 2.50 bits per heavy atom. The van der Waals surface area contributed by atoms with Gasteiger partial charge in [-0.15, -0.1) is 0 Å². The van der Waals surface area contributed by atoms with E-state index >= 15 is 0 Å². The number of hydrogen-bond donors (Lipinski definition) is 1. The lowest BCUT2D eigenvalue weighted by Gasteiger charge is -2.14. The minimum atomic E-state index is -0.850. The number of rotatable bonds is 4. The van der Waals surface area contributed by atoms with E-state index in [1.165, 1.54) is 0 Å². The van der Waals surface area contributed by atoms with Crippen LogP contribution in [0, 0.1) is 6.92 Å². The van der Waals surface area contributed by atoms with Gasteiger partial charge in [-0.25, -0.2) is 9.97 Å². The molecule has 1 unspecified atom stereocenters. The van der Waals surface area contributed by atoms with Gasteiger partial charge in [0.25, 0.3) is 0 Å². The van der Waals surface area contributed by atoms with Crippen LogP contribution in [0.4, 0.5) is 0 Å². The highest BCUT2D eigenvalue weighted by atomic mass is 16.4. The molecule has 2 rings (SSSR count). The Hall–Kier alpha value is -2.23. The molecule has 1 N–H and O–H groups in total. The fraction of sp³-hybridized carbons (Fsp3) is 0.214. The molecule has 1 aromatic heterocycles. The van der Waals surface area contributed by atoms with Crippen molar-refractivity contribution in [1.29, 1.82) is 0 Å². The Kier molecular flexibility index (Phi) is 3.67. The van der Waals surface area contributed by atoms with Gasteiger partial charge in [0, 0.05) is 18.8 Å². The Labute approximate surface area is 105 Å². The Balaban J connectivity index is 2.30. The molecule has 2 aromatic rings. The maximum Gasteiger partial charge on any atom is 0.311 e. The van der Waals surface area contributed by atoms with Crippen LogP contribution in [0.15, 0.2) is 42.7 Å². The van der Waals surface area contributed by atoms with Crippen LogP contribution in [0.2, 0.25) is 0 Å². The largest absolute Gasteiger partial charge is 0.481 e. The minimum absolute atomic E-state index is 0.307. The summed E-state index contributed by atoms with van der Waals surface area (Å²) in [5.41, 5.74) is 1.79. The van der Waals surface area contributed by atoms with Gasteiger partial charge in [0.15, 0.2) is 0 Å². The fourth-order valence-electron chi connectivity index (χ4n) is 1.93. The molecule has 1 heterocycles. The second-order valence-corrected chi connectivity index (χ2v) is 4.12. The number of aliphatic carboxylic acids is 1. The van der Waals surface area contributed by atoms with Gasteiger partial charge in [-0.3, -0.25) is 4.79 Å². The zero-order chi connectivity index (χ0) is 13.0. The maximum atomic E-state index is 11.4. The summed E-state index contributed by atoms with van der Waals surface area (Å²) in [6.45, 7) is 1.91. The van der Waals surface area contributed by atoms with Crippen molar-refractivity contribution in [2.75, 3.05) is 0 Å². The summed E-state index contributed by atoms with van der Waals surface area (Å²) >= 11 is 0. The number of carbonyl (C=O) groups is 1. The topological polar surface area (TPSA) is 63.1 Å². The van der Waals surface area contributed by atoms with E-state index in [9.17, 15) is 9.90 Å². The lowest BCUT2D eigenvalue weighted by molar-refractivity contribution is -0.138. The highest BCUT2D eigenvalue weighted by Crippen LogP contribution is 2.22. The molecule has 0 bridgehead atoms. The lowest BCUT2D eigenvalue weighted by Crippen LogP contribution is -2.16. The second kappa shape index (κ2) is 5.40. The molecular formula is C14H14N2O2. The molecule has 4 nitrogen and oxygen atoms in total. The monoisotopic (exact) mass is 242 g/mol. The molecule has 0 aliphatic carbocycles. The number of aryl methyl sites for hydroxylation is 1. The van der Waals surface area contributed by atoms with Crippen LogP contribution in [-0.2, 0) is 11.2 Å². The molecule has 0 radical (unpaired) electrons. The van der Waals surface area contributed by atoms with Crippen molar-refractivity contribution in [3.63, 3.8) is 0 Å². The van der Waals surface area contributed by atoms with Crippen molar-refractivity contribution < 1.29 is 9.90 Å². The molecule has 4 heteroatoms. The molecule has 18 heavy (non-hydrogen) atoms. The number of carboxylic acid groups (broad SMARTS) is 1. The van der Waals surface area contributed by atoms with E-state index in [0.29, 0.717) is 12.2 Å². The maximum absolute atomic E-state index is 11.4. The first-order valence-corrected chi connectivity index (χ1v) is 5.72. The van der Waals surface area contributed by atoms with Crippen LogP contribution in [-0.4, -0.2) is 21.0 Å². The predicted molar refractivity (Wildman–Crippen MR) is 67.3 cm³/mol. The number of benzene rings is 1. The zero-order valence-electron chi connectivity index (χ0n) is 10.1. The van der Waals surface area contributed by atoms with Crippen molar-refractivity contribution in [3.05, 3.63) is 59.7 Å². The van der Waals surface area contributed by atoms with Gasteiger partial charge in [0.2, 0.25) is 0 Å². The average Bonchev–Trinajstić information content (AvgIpc) is 2.38. The Morgan fingerprint density at radius 1 is 1.22 bits per heavy atom. The van der Waals surface area contributed by atoms with E-state index in [4.69, 9.17) is 0 Å². The predicted octanol–water partition coefficient (Wildman–Crippen LogP) is 2.20. The summed E-state index contributed by atoms with van der Waals surface area (Å²) in [5.74, 6) is -0.904. The van der Waals surface area contributed by atoms with Gasteiger partial charge in [-0.05, 0) is 24.1 Å². The van der Waals surface area contributed by atoms with E-state index in [2.05, 4.69) is 9.97 Å². The number of nitrogens with zero attached hydrogens (tertiary/aromatic N) is 2. The summed E-state index contributed by atoms with van der Waals surface area (Å²) in [4.78, 5) is 19.6. The second-order valence-electron chi connectivity index (χ2n) is 4.12. The average molecular weight is 242 g/mol. The van der Waals surface area contributed by atoms with Gasteiger partial charge < -0.3 is 5.11 Å². The molecule has 0 fully saturated rings. The number of hydrogen-bond acceptors (Lipinski definition) is 3. The summed E-state index contributed by atoms with van der Waals surface area (Å²) < 4.78 is 0. The van der Waals surface area contributed by atoms with Crippen LogP contribution < -0.4 is 0 Å². The zero-order valence-corrected chi connectivity index (χ0v) is 10.1. The van der Waals surface area contributed by atoms with Crippen LogP contribution >= 0.6 is 0 Å². The van der Waals surface area contributed by atoms with Gasteiger partial charge in [0.05, 0.1) is 5.92 Å². The summed E-state index contributed by atoms with van der Waals surface area (Å²) in [7, 11) is 0. The standard InChI is InChI=1S/C14H14N2O2/c1-10-5-2-3-6-11(10)12(14(17)18)9-13-15-7-4-8-16-13/h2-8,12H,9H2,1H3,(H,17,18). The molecule has 1 aromatic carbocycles. The smallest absolute Gasteiger partial charge is 0.311 e. The van der Waals surface area contributed by atoms with Gasteiger partial charge in [-0.1, -0.05) is 24.3 Å². The first-order chi connectivity index (χ1) is 8.68. The Morgan fingerprint density at radius 2 is 1.89 bits per heavy atom. The third-order valence-corrected chi connectivity index (χ3v) is 2.87. The molecular weight excluding hydrogens is 228 g/mol. The van der Waals surface area contributed by atoms with Crippen molar-refractivity contribution in [1.82, 2.24) is 9.97 Å². The van der Waals surface area contributed by atoms with Crippen LogP contribution in [0.1, 0.15) is 22.9 Å². The van der Waals surface area contributed by atoms with Gasteiger partial charge in [0.1, 0.15) is 5.82 Å². The summed E-state index contributed by atoms with van der Waals surface area (Å²) in [5, 5.41) is 9.36. The molecule has 0 amide bonds. The minimum Gasteiger partial charge on any atom is -0.481 e. The first-order valence-electron chi connectivity index (χ1n) is 5.72. The van der Waals surface area contributed by atoms with Crippen LogP contribution in [0.5, 0.6) is 0 Å². The van der Waals surface area contributed by atoms with E-state index in [1.54, 1.807) is 18.5 Å². The van der Waals surface area contributed by atoms with Crippen molar-refractivity contribution in [2.24, 2.45) is 0 Å². The number of carboxylic acids is 1. The van der Waals surface area contributed by atoms with Crippen LogP contribution in [0.25, 0.3) is 0 Å². The third-order valence-electron chi connectivity index (χ3n) is 2.87. The highest BCUT2D eigenvalue weighted by Gasteiger charge is 2.22. The molecule has 0 aliphatic heterocycles. The molecule has 0 saturated heterocycles. The lowest BCUT2D eigenvalue weighted by atomic mass is 9.92. The van der Waals surface area contributed by atoms with Crippen molar-refractivity contribution in [2.45, 2.75) is 19.3 Å². The molecule has 0 aliphatic rings.